The van der Waals surface area contributed by atoms with E-state index in [1.165, 1.54) is 6.07 Å². The van der Waals surface area contributed by atoms with Crippen LogP contribution in [0.25, 0.3) is 0 Å². The number of carbonyl (C=O) groups excluding carboxylic acids is 1. The van der Waals surface area contributed by atoms with Crippen molar-refractivity contribution >= 4 is 21.8 Å². The van der Waals surface area contributed by atoms with Gasteiger partial charge in [-0.1, -0.05) is 22.9 Å². The van der Waals surface area contributed by atoms with Gasteiger partial charge in [-0.25, -0.2) is 0 Å². The topological polar surface area (TPSA) is 58.6 Å². The summed E-state index contributed by atoms with van der Waals surface area (Å²) in [6, 6.07) is 4.81. The van der Waals surface area contributed by atoms with Gasteiger partial charge < -0.3 is 15.2 Å². The maximum Gasteiger partial charge on any atom is 0.255 e. The van der Waals surface area contributed by atoms with Gasteiger partial charge in [0.15, 0.2) is 0 Å². The van der Waals surface area contributed by atoms with Crippen LogP contribution in [-0.4, -0.2) is 30.8 Å². The molecule has 4 nitrogen and oxygen atoms in total. The van der Waals surface area contributed by atoms with Crippen LogP contribution in [0.1, 0.15) is 30.1 Å². The molecule has 1 amide bonds. The SMILES string of the molecule is CCCOCCCNC(=O)c1ccc(Br)cc1O. The number of aromatic hydroxyl groups is 1. The monoisotopic (exact) mass is 315 g/mol. The van der Waals surface area contributed by atoms with E-state index < -0.39 is 0 Å². The van der Waals surface area contributed by atoms with Crippen LogP contribution in [-0.2, 0) is 4.74 Å². The number of hydrogen-bond acceptors (Lipinski definition) is 3. The highest BCUT2D eigenvalue weighted by atomic mass is 79.9. The van der Waals surface area contributed by atoms with Crippen molar-refractivity contribution in [2.75, 3.05) is 19.8 Å². The lowest BCUT2D eigenvalue weighted by Crippen LogP contribution is -2.25. The number of phenolic OH excluding ortho intramolecular Hbond substituents is 1. The number of halogens is 1. The second-order valence-corrected chi connectivity index (χ2v) is 4.80. The summed E-state index contributed by atoms with van der Waals surface area (Å²) in [5.41, 5.74) is 0.285. The Morgan fingerprint density at radius 3 is 2.89 bits per heavy atom. The molecule has 2 N–H and O–H groups in total. The molecule has 0 aliphatic rings. The highest BCUT2D eigenvalue weighted by molar-refractivity contribution is 9.10. The molecule has 0 bridgehead atoms. The zero-order valence-corrected chi connectivity index (χ0v) is 12.0. The van der Waals surface area contributed by atoms with E-state index in [2.05, 4.69) is 28.2 Å². The van der Waals surface area contributed by atoms with E-state index in [0.717, 1.165) is 23.9 Å². The number of hydrogen-bond donors (Lipinski definition) is 2. The molecular formula is C13H18BrNO3. The zero-order chi connectivity index (χ0) is 13.4. The predicted octanol–water partition coefficient (Wildman–Crippen LogP) is 2.70. The van der Waals surface area contributed by atoms with E-state index in [1.54, 1.807) is 12.1 Å². The van der Waals surface area contributed by atoms with Gasteiger partial charge in [-0.05, 0) is 31.0 Å². The molecule has 0 heterocycles. The van der Waals surface area contributed by atoms with Crippen molar-refractivity contribution in [3.63, 3.8) is 0 Å². The molecule has 5 heteroatoms. The molecule has 1 rings (SSSR count). The molecule has 0 unspecified atom stereocenters. The summed E-state index contributed by atoms with van der Waals surface area (Å²) in [6.45, 7) is 3.98. The van der Waals surface area contributed by atoms with Crippen molar-refractivity contribution in [2.45, 2.75) is 19.8 Å². The average Bonchev–Trinajstić information content (AvgIpc) is 2.33. The predicted molar refractivity (Wildman–Crippen MR) is 73.9 cm³/mol. The Labute approximate surface area is 115 Å². The zero-order valence-electron chi connectivity index (χ0n) is 10.4. The summed E-state index contributed by atoms with van der Waals surface area (Å²) in [7, 11) is 0. The van der Waals surface area contributed by atoms with Crippen LogP contribution in [0.4, 0.5) is 0 Å². The Morgan fingerprint density at radius 1 is 1.44 bits per heavy atom. The Balaban J connectivity index is 2.32. The lowest BCUT2D eigenvalue weighted by Gasteiger charge is -2.07. The van der Waals surface area contributed by atoms with Crippen LogP contribution < -0.4 is 5.32 Å². The molecule has 0 aliphatic carbocycles. The molecule has 0 saturated heterocycles. The summed E-state index contributed by atoms with van der Waals surface area (Å²) >= 11 is 3.23. The van der Waals surface area contributed by atoms with Crippen molar-refractivity contribution in [1.82, 2.24) is 5.32 Å². The Bertz CT molecular complexity index is 396. The summed E-state index contributed by atoms with van der Waals surface area (Å²) < 4.78 is 6.04. The van der Waals surface area contributed by atoms with Gasteiger partial charge in [0.25, 0.3) is 5.91 Å². The maximum absolute atomic E-state index is 11.7. The first-order valence-corrected chi connectivity index (χ1v) is 6.79. The first-order valence-electron chi connectivity index (χ1n) is 5.99. The average molecular weight is 316 g/mol. The van der Waals surface area contributed by atoms with Crippen LogP contribution in [0, 0.1) is 0 Å². The third-order valence-corrected chi connectivity index (χ3v) is 2.80. The molecule has 100 valence electrons. The van der Waals surface area contributed by atoms with Crippen molar-refractivity contribution in [1.29, 1.82) is 0 Å². The first kappa shape index (κ1) is 15.0. The van der Waals surface area contributed by atoms with Crippen molar-refractivity contribution in [3.05, 3.63) is 28.2 Å². The smallest absolute Gasteiger partial charge is 0.255 e. The second-order valence-electron chi connectivity index (χ2n) is 3.88. The van der Waals surface area contributed by atoms with E-state index in [1.807, 2.05) is 0 Å². The molecule has 0 radical (unpaired) electrons. The lowest BCUT2D eigenvalue weighted by atomic mass is 10.2. The van der Waals surface area contributed by atoms with Gasteiger partial charge in [-0.3, -0.25) is 4.79 Å². The Morgan fingerprint density at radius 2 is 2.22 bits per heavy atom. The minimum atomic E-state index is -0.268. The third-order valence-electron chi connectivity index (χ3n) is 2.30. The van der Waals surface area contributed by atoms with Gasteiger partial charge in [0.2, 0.25) is 0 Å². The van der Waals surface area contributed by atoms with Gasteiger partial charge >= 0.3 is 0 Å². The van der Waals surface area contributed by atoms with Crippen LogP contribution >= 0.6 is 15.9 Å². The standard InChI is InChI=1S/C13H18BrNO3/c1-2-7-18-8-3-6-15-13(17)11-5-4-10(14)9-12(11)16/h4-5,9,16H,2-3,6-8H2,1H3,(H,15,17). The molecule has 0 fully saturated rings. The van der Waals surface area contributed by atoms with Crippen LogP contribution in [0.15, 0.2) is 22.7 Å². The summed E-state index contributed by atoms with van der Waals surface area (Å²) in [5, 5.41) is 12.4. The summed E-state index contributed by atoms with van der Waals surface area (Å²) in [5.74, 6) is -0.292. The quantitative estimate of drug-likeness (QED) is 0.761. The van der Waals surface area contributed by atoms with Gasteiger partial charge in [-0.2, -0.15) is 0 Å². The Kier molecular flexibility index (Phi) is 6.75. The van der Waals surface area contributed by atoms with E-state index in [4.69, 9.17) is 4.74 Å². The molecular weight excluding hydrogens is 298 g/mol. The maximum atomic E-state index is 11.7. The fraction of sp³-hybridized carbons (Fsp3) is 0.462. The number of ether oxygens (including phenoxy) is 1. The molecule has 0 aliphatic heterocycles. The molecule has 0 saturated carbocycles. The molecule has 0 atom stereocenters. The highest BCUT2D eigenvalue weighted by Gasteiger charge is 2.10. The molecule has 0 spiro atoms. The minimum Gasteiger partial charge on any atom is -0.507 e. The fourth-order valence-electron chi connectivity index (χ4n) is 1.41. The minimum absolute atomic E-state index is 0.0240. The summed E-state index contributed by atoms with van der Waals surface area (Å²) in [4.78, 5) is 11.7. The highest BCUT2D eigenvalue weighted by Crippen LogP contribution is 2.21. The van der Waals surface area contributed by atoms with Crippen molar-refractivity contribution in [2.24, 2.45) is 0 Å². The normalized spacial score (nSPS) is 10.3. The number of rotatable bonds is 7. The number of nitrogens with one attached hydrogen (secondary N) is 1. The molecule has 1 aromatic rings. The molecule has 0 aromatic heterocycles. The summed E-state index contributed by atoms with van der Waals surface area (Å²) in [6.07, 6.45) is 1.77. The van der Waals surface area contributed by atoms with E-state index in [0.29, 0.717) is 13.2 Å². The number of carbonyl (C=O) groups is 1. The number of benzene rings is 1. The van der Waals surface area contributed by atoms with E-state index in [9.17, 15) is 9.90 Å². The van der Waals surface area contributed by atoms with Gasteiger partial charge in [-0.15, -0.1) is 0 Å². The lowest BCUT2D eigenvalue weighted by molar-refractivity contribution is 0.0939. The van der Waals surface area contributed by atoms with Crippen molar-refractivity contribution < 1.29 is 14.6 Å². The Hall–Kier alpha value is -1.07. The van der Waals surface area contributed by atoms with Gasteiger partial charge in [0.1, 0.15) is 5.75 Å². The molecule has 18 heavy (non-hydrogen) atoms. The second kappa shape index (κ2) is 8.11. The van der Waals surface area contributed by atoms with Crippen LogP contribution in [0.5, 0.6) is 5.75 Å². The number of amides is 1. The van der Waals surface area contributed by atoms with Gasteiger partial charge in [0, 0.05) is 24.2 Å². The molecule has 1 aromatic carbocycles. The van der Waals surface area contributed by atoms with Gasteiger partial charge in [0.05, 0.1) is 5.56 Å². The van der Waals surface area contributed by atoms with Crippen LogP contribution in [0.2, 0.25) is 0 Å². The van der Waals surface area contributed by atoms with E-state index in [-0.39, 0.29) is 17.2 Å². The first-order chi connectivity index (χ1) is 8.65. The fourth-order valence-corrected chi connectivity index (χ4v) is 1.76. The largest absolute Gasteiger partial charge is 0.507 e. The van der Waals surface area contributed by atoms with Crippen molar-refractivity contribution in [3.8, 4) is 5.75 Å². The van der Waals surface area contributed by atoms with E-state index >= 15 is 0 Å². The number of phenols is 1. The third kappa shape index (κ3) is 5.06. The van der Waals surface area contributed by atoms with Crippen LogP contribution in [0.3, 0.4) is 0 Å².